The Morgan fingerprint density at radius 1 is 1.17 bits per heavy atom. The van der Waals surface area contributed by atoms with Gasteiger partial charge in [-0.1, -0.05) is 27.5 Å². The summed E-state index contributed by atoms with van der Waals surface area (Å²) in [6.45, 7) is 3.17. The number of hydrogen-bond donors (Lipinski definition) is 1. The molecule has 1 aromatic carbocycles. The number of alkyl halides is 3. The maximum absolute atomic E-state index is 13.2. The van der Waals surface area contributed by atoms with Gasteiger partial charge in [-0.15, -0.1) is 11.3 Å². The van der Waals surface area contributed by atoms with Crippen molar-refractivity contribution in [3.63, 3.8) is 0 Å². The SMILES string of the molecule is FC(F)(F)c1cc(Br)cc([C@H](c2ccc(Cl)s2)N2CCNCC2)c1. The Kier molecular flexibility index (Phi) is 5.56. The summed E-state index contributed by atoms with van der Waals surface area (Å²) in [5.41, 5.74) is -0.0215. The van der Waals surface area contributed by atoms with E-state index >= 15 is 0 Å². The highest BCUT2D eigenvalue weighted by atomic mass is 79.9. The average molecular weight is 440 g/mol. The quantitative estimate of drug-likeness (QED) is 0.709. The molecule has 1 N–H and O–H groups in total. The molecule has 0 saturated carbocycles. The van der Waals surface area contributed by atoms with Gasteiger partial charge in [-0.25, -0.2) is 0 Å². The van der Waals surface area contributed by atoms with Crippen LogP contribution in [0.1, 0.15) is 22.0 Å². The van der Waals surface area contributed by atoms with E-state index in [0.29, 0.717) is 14.4 Å². The maximum Gasteiger partial charge on any atom is 0.416 e. The van der Waals surface area contributed by atoms with E-state index in [1.165, 1.54) is 17.4 Å². The first-order valence-electron chi connectivity index (χ1n) is 7.42. The van der Waals surface area contributed by atoms with Crippen LogP contribution in [-0.4, -0.2) is 31.1 Å². The highest BCUT2D eigenvalue weighted by Gasteiger charge is 2.33. The van der Waals surface area contributed by atoms with Crippen molar-refractivity contribution in [3.8, 4) is 0 Å². The van der Waals surface area contributed by atoms with E-state index < -0.39 is 11.7 Å². The van der Waals surface area contributed by atoms with E-state index in [9.17, 15) is 13.2 Å². The Bertz CT molecular complexity index is 714. The third-order valence-electron chi connectivity index (χ3n) is 3.94. The first kappa shape index (κ1) is 18.2. The van der Waals surface area contributed by atoms with Crippen LogP contribution in [0.15, 0.2) is 34.8 Å². The molecule has 8 heteroatoms. The normalized spacial score (nSPS) is 17.9. The monoisotopic (exact) mass is 438 g/mol. The highest BCUT2D eigenvalue weighted by Crippen LogP contribution is 2.39. The lowest BCUT2D eigenvalue weighted by molar-refractivity contribution is -0.137. The van der Waals surface area contributed by atoms with Crippen molar-refractivity contribution in [1.29, 1.82) is 0 Å². The van der Waals surface area contributed by atoms with Crippen molar-refractivity contribution in [2.75, 3.05) is 26.2 Å². The summed E-state index contributed by atoms with van der Waals surface area (Å²) < 4.78 is 40.7. The number of hydrogen-bond acceptors (Lipinski definition) is 3. The highest BCUT2D eigenvalue weighted by molar-refractivity contribution is 9.10. The van der Waals surface area contributed by atoms with Crippen LogP contribution >= 0.6 is 38.9 Å². The van der Waals surface area contributed by atoms with Gasteiger partial charge in [0.15, 0.2) is 0 Å². The Morgan fingerprint density at radius 3 is 2.46 bits per heavy atom. The van der Waals surface area contributed by atoms with Gasteiger partial charge in [0.05, 0.1) is 15.9 Å². The summed E-state index contributed by atoms with van der Waals surface area (Å²) in [5, 5.41) is 3.27. The van der Waals surface area contributed by atoms with Crippen molar-refractivity contribution in [2.24, 2.45) is 0 Å². The predicted octanol–water partition coefficient (Wildman–Crippen LogP) is 5.18. The third-order valence-corrected chi connectivity index (χ3v) is 5.68. The van der Waals surface area contributed by atoms with Crippen LogP contribution in [0.2, 0.25) is 4.34 Å². The van der Waals surface area contributed by atoms with Crippen molar-refractivity contribution >= 4 is 38.9 Å². The number of benzene rings is 1. The van der Waals surface area contributed by atoms with Crippen LogP contribution in [0.3, 0.4) is 0 Å². The number of rotatable bonds is 3. The Labute approximate surface area is 155 Å². The summed E-state index contributed by atoms with van der Waals surface area (Å²) in [4.78, 5) is 3.15. The number of nitrogens with zero attached hydrogens (tertiary/aromatic N) is 1. The molecule has 0 amide bonds. The van der Waals surface area contributed by atoms with Crippen LogP contribution in [0, 0.1) is 0 Å². The van der Waals surface area contributed by atoms with Gasteiger partial charge in [0.1, 0.15) is 0 Å². The fraction of sp³-hybridized carbons (Fsp3) is 0.375. The van der Waals surface area contributed by atoms with E-state index in [4.69, 9.17) is 11.6 Å². The van der Waals surface area contributed by atoms with Crippen molar-refractivity contribution in [1.82, 2.24) is 10.2 Å². The van der Waals surface area contributed by atoms with Gasteiger partial charge in [-0.2, -0.15) is 13.2 Å². The molecule has 1 aromatic heterocycles. The van der Waals surface area contributed by atoms with Gasteiger partial charge >= 0.3 is 6.18 Å². The van der Waals surface area contributed by atoms with E-state index in [2.05, 4.69) is 26.1 Å². The minimum Gasteiger partial charge on any atom is -0.314 e. The molecule has 2 nitrogen and oxygen atoms in total. The zero-order valence-corrected chi connectivity index (χ0v) is 15.7. The van der Waals surface area contributed by atoms with Crippen molar-refractivity contribution in [2.45, 2.75) is 12.2 Å². The lowest BCUT2D eigenvalue weighted by Crippen LogP contribution is -2.45. The van der Waals surface area contributed by atoms with E-state index in [-0.39, 0.29) is 6.04 Å². The molecule has 24 heavy (non-hydrogen) atoms. The van der Waals surface area contributed by atoms with Crippen LogP contribution in [0.4, 0.5) is 13.2 Å². The molecule has 3 rings (SSSR count). The minimum atomic E-state index is -4.38. The Hall–Kier alpha value is -0.600. The smallest absolute Gasteiger partial charge is 0.314 e. The lowest BCUT2D eigenvalue weighted by atomic mass is 10.00. The zero-order valence-electron chi connectivity index (χ0n) is 12.5. The Balaban J connectivity index is 2.06. The van der Waals surface area contributed by atoms with Crippen LogP contribution in [0.5, 0.6) is 0 Å². The molecule has 2 aromatic rings. The lowest BCUT2D eigenvalue weighted by Gasteiger charge is -2.35. The van der Waals surface area contributed by atoms with Gasteiger partial charge in [0, 0.05) is 35.5 Å². The number of thiophene rings is 1. The fourth-order valence-electron chi connectivity index (χ4n) is 2.90. The second-order valence-corrected chi connectivity index (χ2v) is 8.26. The average Bonchev–Trinajstić information content (AvgIpc) is 2.93. The molecule has 2 heterocycles. The molecule has 0 spiro atoms. The van der Waals surface area contributed by atoms with Gasteiger partial charge in [-0.3, -0.25) is 4.90 Å². The molecular weight excluding hydrogens is 425 g/mol. The van der Waals surface area contributed by atoms with Crippen LogP contribution < -0.4 is 5.32 Å². The fourth-order valence-corrected chi connectivity index (χ4v) is 4.64. The molecule has 0 bridgehead atoms. The first-order valence-corrected chi connectivity index (χ1v) is 9.41. The minimum absolute atomic E-state index is 0.233. The molecule has 130 valence electrons. The molecular formula is C16H15BrClF3N2S. The molecule has 0 radical (unpaired) electrons. The summed E-state index contributed by atoms with van der Waals surface area (Å²) in [7, 11) is 0. The standard InChI is InChI=1S/C16H15BrClF3N2S/c17-12-8-10(7-11(9-12)16(19,20)21)15(13-1-2-14(18)24-13)23-5-3-22-4-6-23/h1-2,7-9,15,22H,3-6H2/t15-/m1/s1. The third kappa shape index (κ3) is 4.14. The number of halogens is 5. The largest absolute Gasteiger partial charge is 0.416 e. The summed E-state index contributed by atoms with van der Waals surface area (Å²) >= 11 is 10.7. The second kappa shape index (κ2) is 7.33. The molecule has 1 aliphatic heterocycles. The summed E-state index contributed by atoms with van der Waals surface area (Å²) in [6, 6.07) is 7.57. The Morgan fingerprint density at radius 2 is 1.88 bits per heavy atom. The predicted molar refractivity (Wildman–Crippen MR) is 94.8 cm³/mol. The molecule has 1 saturated heterocycles. The number of nitrogens with one attached hydrogen (secondary N) is 1. The first-order chi connectivity index (χ1) is 11.3. The van der Waals surface area contributed by atoms with Gasteiger partial charge < -0.3 is 5.32 Å². The van der Waals surface area contributed by atoms with E-state index in [1.54, 1.807) is 12.1 Å². The van der Waals surface area contributed by atoms with Gasteiger partial charge in [0.2, 0.25) is 0 Å². The van der Waals surface area contributed by atoms with Crippen LogP contribution in [0.25, 0.3) is 0 Å². The molecule has 1 atom stereocenters. The molecule has 1 fully saturated rings. The molecule has 0 aliphatic carbocycles. The van der Waals surface area contributed by atoms with Gasteiger partial charge in [-0.05, 0) is 35.9 Å². The topological polar surface area (TPSA) is 15.3 Å². The molecule has 0 unspecified atom stereocenters. The van der Waals surface area contributed by atoms with E-state index in [0.717, 1.165) is 37.1 Å². The summed E-state index contributed by atoms with van der Waals surface area (Å²) in [5.74, 6) is 0. The van der Waals surface area contributed by atoms with E-state index in [1.807, 2.05) is 6.07 Å². The van der Waals surface area contributed by atoms with Crippen molar-refractivity contribution in [3.05, 3.63) is 55.1 Å². The van der Waals surface area contributed by atoms with Gasteiger partial charge in [0.25, 0.3) is 0 Å². The number of piperazine rings is 1. The zero-order chi connectivity index (χ0) is 17.3. The second-order valence-electron chi connectivity index (χ2n) is 5.60. The maximum atomic E-state index is 13.2. The molecule has 1 aliphatic rings. The van der Waals surface area contributed by atoms with Crippen molar-refractivity contribution < 1.29 is 13.2 Å². The summed E-state index contributed by atoms with van der Waals surface area (Å²) in [6.07, 6.45) is -4.38. The van der Waals surface area contributed by atoms with Crippen LogP contribution in [-0.2, 0) is 6.18 Å².